The Morgan fingerprint density at radius 3 is 2.14 bits per heavy atom. The highest BCUT2D eigenvalue weighted by Crippen LogP contribution is 2.08. The lowest BCUT2D eigenvalue weighted by Crippen LogP contribution is -2.39. The predicted octanol–water partition coefficient (Wildman–Crippen LogP) is 2.35. The van der Waals surface area contributed by atoms with Crippen LogP contribution in [0.5, 0.6) is 0 Å². The van der Waals surface area contributed by atoms with Gasteiger partial charge < -0.3 is 10.2 Å². The third-order valence-corrected chi connectivity index (χ3v) is 3.05. The molecule has 2 heteroatoms. The van der Waals surface area contributed by atoms with Crippen LogP contribution < -0.4 is 5.32 Å². The predicted molar refractivity (Wildman–Crippen MR) is 64.7 cm³/mol. The van der Waals surface area contributed by atoms with Crippen molar-refractivity contribution in [2.45, 2.75) is 52.6 Å². The van der Waals surface area contributed by atoms with E-state index in [9.17, 15) is 0 Å². The SMILES string of the molecule is CCC(C)C(C)NC(C)CCN(C)C. The Labute approximate surface area is 90.1 Å². The second-order valence-corrected chi connectivity index (χ2v) is 4.83. The molecule has 0 aliphatic carbocycles. The molecule has 0 bridgehead atoms. The van der Waals surface area contributed by atoms with Crippen LogP contribution in [0.25, 0.3) is 0 Å². The molecule has 0 aromatic carbocycles. The summed E-state index contributed by atoms with van der Waals surface area (Å²) in [7, 11) is 4.26. The Balaban J connectivity index is 3.65. The second kappa shape index (κ2) is 7.24. The van der Waals surface area contributed by atoms with E-state index < -0.39 is 0 Å². The van der Waals surface area contributed by atoms with Crippen molar-refractivity contribution >= 4 is 0 Å². The molecule has 1 N–H and O–H groups in total. The second-order valence-electron chi connectivity index (χ2n) is 4.83. The summed E-state index contributed by atoms with van der Waals surface area (Å²) in [4.78, 5) is 2.24. The van der Waals surface area contributed by atoms with Crippen LogP contribution in [0.15, 0.2) is 0 Å². The van der Waals surface area contributed by atoms with Gasteiger partial charge in [0.05, 0.1) is 0 Å². The maximum Gasteiger partial charge on any atom is 0.00667 e. The first-order valence-electron chi connectivity index (χ1n) is 5.88. The average molecular weight is 200 g/mol. The molecule has 0 radical (unpaired) electrons. The fraction of sp³-hybridized carbons (Fsp3) is 1.00. The minimum absolute atomic E-state index is 0.626. The van der Waals surface area contributed by atoms with Gasteiger partial charge in [0.25, 0.3) is 0 Å². The summed E-state index contributed by atoms with van der Waals surface area (Å²) in [5, 5.41) is 3.66. The molecule has 3 unspecified atom stereocenters. The standard InChI is InChI=1S/C12H28N2/c1-7-10(2)12(4)13-11(3)8-9-14(5)6/h10-13H,7-9H2,1-6H3. The van der Waals surface area contributed by atoms with Crippen molar-refractivity contribution in [3.63, 3.8) is 0 Å². The molecule has 0 aromatic rings. The summed E-state index contributed by atoms with van der Waals surface area (Å²) in [6.07, 6.45) is 2.49. The van der Waals surface area contributed by atoms with Crippen molar-refractivity contribution in [1.29, 1.82) is 0 Å². The zero-order chi connectivity index (χ0) is 11.1. The third kappa shape index (κ3) is 6.39. The van der Waals surface area contributed by atoms with Gasteiger partial charge in [0.15, 0.2) is 0 Å². The summed E-state index contributed by atoms with van der Waals surface area (Å²) in [5.41, 5.74) is 0. The molecule has 0 aliphatic heterocycles. The molecule has 0 heterocycles. The largest absolute Gasteiger partial charge is 0.311 e. The van der Waals surface area contributed by atoms with E-state index in [1.807, 2.05) is 0 Å². The summed E-state index contributed by atoms with van der Waals surface area (Å²) in [6, 6.07) is 1.26. The Morgan fingerprint density at radius 2 is 1.71 bits per heavy atom. The Kier molecular flexibility index (Phi) is 7.20. The minimum atomic E-state index is 0.626. The molecule has 0 amide bonds. The third-order valence-electron chi connectivity index (χ3n) is 3.05. The summed E-state index contributed by atoms with van der Waals surface area (Å²) >= 11 is 0. The highest BCUT2D eigenvalue weighted by atomic mass is 15.1. The Hall–Kier alpha value is -0.0800. The molecular weight excluding hydrogens is 172 g/mol. The van der Waals surface area contributed by atoms with E-state index in [1.165, 1.54) is 19.4 Å². The minimum Gasteiger partial charge on any atom is -0.311 e. The number of hydrogen-bond acceptors (Lipinski definition) is 2. The molecular formula is C12H28N2. The molecule has 0 saturated carbocycles. The highest BCUT2D eigenvalue weighted by molar-refractivity contribution is 4.72. The quantitative estimate of drug-likeness (QED) is 0.678. The number of nitrogens with zero attached hydrogens (tertiary/aromatic N) is 1. The number of rotatable bonds is 7. The van der Waals surface area contributed by atoms with Crippen molar-refractivity contribution in [1.82, 2.24) is 10.2 Å². The maximum absolute atomic E-state index is 3.66. The monoisotopic (exact) mass is 200 g/mol. The van der Waals surface area contributed by atoms with Crippen LogP contribution in [-0.4, -0.2) is 37.6 Å². The topological polar surface area (TPSA) is 15.3 Å². The van der Waals surface area contributed by atoms with Crippen LogP contribution in [0, 0.1) is 5.92 Å². The van der Waals surface area contributed by atoms with Gasteiger partial charge in [-0.25, -0.2) is 0 Å². The van der Waals surface area contributed by atoms with Gasteiger partial charge in [0.2, 0.25) is 0 Å². The van der Waals surface area contributed by atoms with Gasteiger partial charge in [-0.15, -0.1) is 0 Å². The van der Waals surface area contributed by atoms with E-state index in [-0.39, 0.29) is 0 Å². The Bertz CT molecular complexity index is 134. The fourth-order valence-corrected chi connectivity index (χ4v) is 1.50. The van der Waals surface area contributed by atoms with E-state index >= 15 is 0 Å². The molecule has 0 fully saturated rings. The van der Waals surface area contributed by atoms with E-state index in [1.54, 1.807) is 0 Å². The zero-order valence-electron chi connectivity index (χ0n) is 10.8. The van der Waals surface area contributed by atoms with Crippen molar-refractivity contribution in [2.75, 3.05) is 20.6 Å². The van der Waals surface area contributed by atoms with E-state index in [2.05, 4.69) is 52.0 Å². The van der Waals surface area contributed by atoms with E-state index in [4.69, 9.17) is 0 Å². The summed E-state index contributed by atoms with van der Waals surface area (Å²) in [6.45, 7) is 10.3. The van der Waals surface area contributed by atoms with E-state index in [0.717, 1.165) is 5.92 Å². The van der Waals surface area contributed by atoms with Crippen LogP contribution >= 0.6 is 0 Å². The van der Waals surface area contributed by atoms with Gasteiger partial charge in [-0.2, -0.15) is 0 Å². The molecule has 0 saturated heterocycles. The van der Waals surface area contributed by atoms with Crippen molar-refractivity contribution in [2.24, 2.45) is 5.92 Å². The smallest absolute Gasteiger partial charge is 0.00667 e. The number of nitrogens with one attached hydrogen (secondary N) is 1. The highest BCUT2D eigenvalue weighted by Gasteiger charge is 2.12. The summed E-state index contributed by atoms with van der Waals surface area (Å²) in [5.74, 6) is 0.775. The first kappa shape index (κ1) is 13.9. The van der Waals surface area contributed by atoms with Crippen LogP contribution in [0.2, 0.25) is 0 Å². The molecule has 0 spiro atoms. The zero-order valence-corrected chi connectivity index (χ0v) is 10.8. The van der Waals surface area contributed by atoms with Crippen molar-refractivity contribution in [3.8, 4) is 0 Å². The number of hydrogen-bond donors (Lipinski definition) is 1. The maximum atomic E-state index is 3.66. The van der Waals surface area contributed by atoms with Gasteiger partial charge in [-0.3, -0.25) is 0 Å². The van der Waals surface area contributed by atoms with Gasteiger partial charge >= 0.3 is 0 Å². The van der Waals surface area contributed by atoms with E-state index in [0.29, 0.717) is 12.1 Å². The van der Waals surface area contributed by atoms with Gasteiger partial charge in [-0.1, -0.05) is 20.3 Å². The lowest BCUT2D eigenvalue weighted by atomic mass is 10.00. The average Bonchev–Trinajstić information content (AvgIpc) is 2.13. The molecule has 3 atom stereocenters. The molecule has 0 rings (SSSR count). The molecule has 0 aliphatic rings. The van der Waals surface area contributed by atoms with Crippen molar-refractivity contribution in [3.05, 3.63) is 0 Å². The van der Waals surface area contributed by atoms with Crippen LogP contribution in [0.1, 0.15) is 40.5 Å². The summed E-state index contributed by atoms with van der Waals surface area (Å²) < 4.78 is 0. The van der Waals surface area contributed by atoms with Gasteiger partial charge in [-0.05, 0) is 46.8 Å². The first-order valence-corrected chi connectivity index (χ1v) is 5.88. The van der Waals surface area contributed by atoms with Crippen LogP contribution in [-0.2, 0) is 0 Å². The lowest BCUT2D eigenvalue weighted by molar-refractivity contribution is 0.317. The normalized spacial score (nSPS) is 18.2. The molecule has 14 heavy (non-hydrogen) atoms. The molecule has 0 aromatic heterocycles. The first-order chi connectivity index (χ1) is 6.47. The molecule has 86 valence electrons. The Morgan fingerprint density at radius 1 is 1.14 bits per heavy atom. The van der Waals surface area contributed by atoms with Crippen LogP contribution in [0.4, 0.5) is 0 Å². The van der Waals surface area contributed by atoms with Gasteiger partial charge in [0, 0.05) is 12.1 Å². The van der Waals surface area contributed by atoms with Crippen LogP contribution in [0.3, 0.4) is 0 Å². The fourth-order valence-electron chi connectivity index (χ4n) is 1.50. The molecule has 2 nitrogen and oxygen atoms in total. The van der Waals surface area contributed by atoms with Gasteiger partial charge in [0.1, 0.15) is 0 Å². The lowest BCUT2D eigenvalue weighted by Gasteiger charge is -2.25. The van der Waals surface area contributed by atoms with Crippen molar-refractivity contribution < 1.29 is 0 Å².